The van der Waals surface area contributed by atoms with Gasteiger partial charge in [0.1, 0.15) is 16.4 Å². The molecule has 5 nitrogen and oxygen atoms in total. The molecule has 2 aromatic rings. The summed E-state index contributed by atoms with van der Waals surface area (Å²) in [6, 6.07) is 10.2. The normalized spacial score (nSPS) is 11.1. The highest BCUT2D eigenvalue weighted by atomic mass is 32.2. The molecule has 0 fully saturated rings. The fourth-order valence-corrected chi connectivity index (χ4v) is 3.59. The Morgan fingerprint density at radius 2 is 1.78 bits per heavy atom. The van der Waals surface area contributed by atoms with Crippen LogP contribution in [0, 0.1) is 6.92 Å². The molecule has 0 spiro atoms. The fraction of sp³-hybridized carbons (Fsp3) is 0.294. The number of benzene rings is 2. The SMILES string of the molecule is CCc1ccc(NS(=O)(=O)c2cc(OC)ccc2OC)cc1C. The summed E-state index contributed by atoms with van der Waals surface area (Å²) in [6.07, 6.45) is 0.905. The molecule has 0 unspecified atom stereocenters. The van der Waals surface area contributed by atoms with Gasteiger partial charge in [-0.3, -0.25) is 4.72 Å². The highest BCUT2D eigenvalue weighted by Crippen LogP contribution is 2.30. The number of aryl methyl sites for hydroxylation is 2. The molecule has 6 heteroatoms. The van der Waals surface area contributed by atoms with E-state index >= 15 is 0 Å². The molecule has 0 aliphatic heterocycles. The molecule has 23 heavy (non-hydrogen) atoms. The van der Waals surface area contributed by atoms with Crippen LogP contribution in [0.25, 0.3) is 0 Å². The summed E-state index contributed by atoms with van der Waals surface area (Å²) in [5.41, 5.74) is 2.75. The number of rotatable bonds is 6. The molecule has 1 N–H and O–H groups in total. The van der Waals surface area contributed by atoms with Crippen molar-refractivity contribution in [3.63, 3.8) is 0 Å². The Labute approximate surface area is 137 Å². The molecule has 0 saturated carbocycles. The molecule has 0 aliphatic carbocycles. The zero-order chi connectivity index (χ0) is 17.0. The van der Waals surface area contributed by atoms with Gasteiger partial charge in [-0.15, -0.1) is 0 Å². The maximum atomic E-state index is 12.7. The van der Waals surface area contributed by atoms with Gasteiger partial charge in [0.2, 0.25) is 0 Å². The van der Waals surface area contributed by atoms with Gasteiger partial charge in [-0.25, -0.2) is 8.42 Å². The lowest BCUT2D eigenvalue weighted by atomic mass is 10.1. The van der Waals surface area contributed by atoms with E-state index in [0.29, 0.717) is 11.4 Å². The van der Waals surface area contributed by atoms with Crippen molar-refractivity contribution in [1.29, 1.82) is 0 Å². The molecule has 0 amide bonds. The molecule has 2 rings (SSSR count). The molecule has 0 aliphatic rings. The van der Waals surface area contributed by atoms with E-state index in [2.05, 4.69) is 11.6 Å². The van der Waals surface area contributed by atoms with E-state index in [9.17, 15) is 8.42 Å². The summed E-state index contributed by atoms with van der Waals surface area (Å²) in [5, 5.41) is 0. The summed E-state index contributed by atoms with van der Waals surface area (Å²) in [5.74, 6) is 0.712. The Morgan fingerprint density at radius 3 is 2.35 bits per heavy atom. The van der Waals surface area contributed by atoms with Crippen molar-refractivity contribution in [3.8, 4) is 11.5 Å². The van der Waals surface area contributed by atoms with Crippen LogP contribution in [0.5, 0.6) is 11.5 Å². The highest BCUT2D eigenvalue weighted by Gasteiger charge is 2.21. The lowest BCUT2D eigenvalue weighted by molar-refractivity contribution is 0.392. The van der Waals surface area contributed by atoms with Crippen LogP contribution >= 0.6 is 0 Å². The minimum Gasteiger partial charge on any atom is -0.497 e. The fourth-order valence-electron chi connectivity index (χ4n) is 2.36. The summed E-state index contributed by atoms with van der Waals surface area (Å²) in [4.78, 5) is 0.0385. The van der Waals surface area contributed by atoms with Crippen molar-refractivity contribution in [3.05, 3.63) is 47.5 Å². The van der Waals surface area contributed by atoms with E-state index in [1.807, 2.05) is 19.1 Å². The number of nitrogens with one attached hydrogen (secondary N) is 1. The lowest BCUT2D eigenvalue weighted by Gasteiger charge is -2.14. The first-order valence-electron chi connectivity index (χ1n) is 7.25. The van der Waals surface area contributed by atoms with Gasteiger partial charge in [0.15, 0.2) is 0 Å². The van der Waals surface area contributed by atoms with Gasteiger partial charge in [0.25, 0.3) is 10.0 Å². The van der Waals surface area contributed by atoms with Crippen molar-refractivity contribution < 1.29 is 17.9 Å². The molecule has 0 atom stereocenters. The molecule has 2 aromatic carbocycles. The number of hydrogen-bond acceptors (Lipinski definition) is 4. The predicted octanol–water partition coefficient (Wildman–Crippen LogP) is 3.38. The molecular formula is C17H21NO4S. The molecule has 0 radical (unpaired) electrons. The zero-order valence-corrected chi connectivity index (χ0v) is 14.5. The number of anilines is 1. The van der Waals surface area contributed by atoms with E-state index in [1.165, 1.54) is 25.8 Å². The van der Waals surface area contributed by atoms with Crippen molar-refractivity contribution in [2.75, 3.05) is 18.9 Å². The average Bonchev–Trinajstić information content (AvgIpc) is 2.54. The van der Waals surface area contributed by atoms with Gasteiger partial charge in [-0.2, -0.15) is 0 Å². The summed E-state index contributed by atoms with van der Waals surface area (Å²) in [6.45, 7) is 4.02. The number of sulfonamides is 1. The molecule has 0 saturated heterocycles. The monoisotopic (exact) mass is 335 g/mol. The maximum Gasteiger partial charge on any atom is 0.265 e. The van der Waals surface area contributed by atoms with Gasteiger partial charge in [-0.1, -0.05) is 13.0 Å². The number of hydrogen-bond donors (Lipinski definition) is 1. The summed E-state index contributed by atoms with van der Waals surface area (Å²) < 4.78 is 38.2. The largest absolute Gasteiger partial charge is 0.497 e. The van der Waals surface area contributed by atoms with Crippen LogP contribution in [0.2, 0.25) is 0 Å². The van der Waals surface area contributed by atoms with Crippen LogP contribution in [-0.4, -0.2) is 22.6 Å². The van der Waals surface area contributed by atoms with Gasteiger partial charge < -0.3 is 9.47 Å². The van der Waals surface area contributed by atoms with Gasteiger partial charge in [0.05, 0.1) is 14.2 Å². The molecule has 124 valence electrons. The van der Waals surface area contributed by atoms with E-state index in [0.717, 1.165) is 12.0 Å². The van der Waals surface area contributed by atoms with E-state index in [1.54, 1.807) is 18.2 Å². The Hall–Kier alpha value is -2.21. The average molecular weight is 335 g/mol. The zero-order valence-electron chi connectivity index (χ0n) is 13.7. The van der Waals surface area contributed by atoms with Gasteiger partial charge >= 0.3 is 0 Å². The molecule has 0 heterocycles. The maximum absolute atomic E-state index is 12.7. The standard InChI is InChI=1S/C17H21NO4S/c1-5-13-6-7-14(10-12(13)2)18-23(19,20)17-11-15(21-3)8-9-16(17)22-4/h6-11,18H,5H2,1-4H3. The topological polar surface area (TPSA) is 64.6 Å². The Bertz CT molecular complexity index is 800. The Balaban J connectivity index is 2.41. The van der Waals surface area contributed by atoms with Crippen LogP contribution in [0.15, 0.2) is 41.3 Å². The van der Waals surface area contributed by atoms with Crippen molar-refractivity contribution in [2.24, 2.45) is 0 Å². The summed E-state index contributed by atoms with van der Waals surface area (Å²) >= 11 is 0. The van der Waals surface area contributed by atoms with Crippen LogP contribution in [-0.2, 0) is 16.4 Å². The van der Waals surface area contributed by atoms with E-state index < -0.39 is 10.0 Å². The smallest absolute Gasteiger partial charge is 0.265 e. The Morgan fingerprint density at radius 1 is 1.04 bits per heavy atom. The van der Waals surface area contributed by atoms with Crippen LogP contribution < -0.4 is 14.2 Å². The predicted molar refractivity (Wildman–Crippen MR) is 90.9 cm³/mol. The second-order valence-corrected chi connectivity index (χ2v) is 6.77. The number of ether oxygens (including phenoxy) is 2. The minimum absolute atomic E-state index is 0.0385. The first-order valence-corrected chi connectivity index (χ1v) is 8.74. The van der Waals surface area contributed by atoms with Crippen molar-refractivity contribution in [2.45, 2.75) is 25.2 Å². The van der Waals surface area contributed by atoms with Crippen LogP contribution in [0.4, 0.5) is 5.69 Å². The third-order valence-corrected chi connectivity index (χ3v) is 5.04. The minimum atomic E-state index is -3.78. The second-order valence-electron chi connectivity index (χ2n) is 5.12. The molecule has 0 aromatic heterocycles. The van der Waals surface area contributed by atoms with Crippen LogP contribution in [0.1, 0.15) is 18.1 Å². The third kappa shape index (κ3) is 3.76. The van der Waals surface area contributed by atoms with E-state index in [4.69, 9.17) is 9.47 Å². The van der Waals surface area contributed by atoms with E-state index in [-0.39, 0.29) is 10.6 Å². The summed E-state index contributed by atoms with van der Waals surface area (Å²) in [7, 11) is -0.864. The molecular weight excluding hydrogens is 314 g/mol. The lowest BCUT2D eigenvalue weighted by Crippen LogP contribution is -2.14. The third-order valence-electron chi connectivity index (χ3n) is 3.64. The van der Waals surface area contributed by atoms with Gasteiger partial charge in [-0.05, 0) is 48.7 Å². The molecule has 0 bridgehead atoms. The van der Waals surface area contributed by atoms with Crippen LogP contribution in [0.3, 0.4) is 0 Å². The quantitative estimate of drug-likeness (QED) is 0.879. The first kappa shape index (κ1) is 17.1. The van der Waals surface area contributed by atoms with Gasteiger partial charge in [0, 0.05) is 11.8 Å². The second kappa shape index (κ2) is 6.91. The Kier molecular flexibility index (Phi) is 5.15. The van der Waals surface area contributed by atoms with Crippen molar-refractivity contribution >= 4 is 15.7 Å². The van der Waals surface area contributed by atoms with Crippen molar-refractivity contribution in [1.82, 2.24) is 0 Å². The first-order chi connectivity index (χ1) is 10.9. The number of methoxy groups -OCH3 is 2. The highest BCUT2D eigenvalue weighted by molar-refractivity contribution is 7.92.